The zero-order chi connectivity index (χ0) is 19.0. The molecule has 2 heterocycles. The summed E-state index contributed by atoms with van der Waals surface area (Å²) in [4.78, 5) is 9.20. The SMILES string of the molecule is Fc1cc(C(F)(F)F)ccc1COc1nc(C2CC2)nc2c1CCNCC2. The van der Waals surface area contributed by atoms with Crippen LogP contribution in [0.4, 0.5) is 17.6 Å². The summed E-state index contributed by atoms with van der Waals surface area (Å²) in [6.45, 7) is 1.41. The van der Waals surface area contributed by atoms with Crippen LogP contribution < -0.4 is 10.1 Å². The minimum Gasteiger partial charge on any atom is -0.472 e. The Morgan fingerprint density at radius 2 is 1.89 bits per heavy atom. The third-order valence-electron chi connectivity index (χ3n) is 4.85. The molecule has 0 radical (unpaired) electrons. The van der Waals surface area contributed by atoms with Crippen LogP contribution in [0.1, 0.15) is 47.0 Å². The van der Waals surface area contributed by atoms with Crippen LogP contribution in [-0.4, -0.2) is 23.1 Å². The van der Waals surface area contributed by atoms with Gasteiger partial charge >= 0.3 is 6.18 Å². The van der Waals surface area contributed by atoms with Gasteiger partial charge in [0.1, 0.15) is 18.2 Å². The maximum atomic E-state index is 14.1. The molecule has 1 aliphatic heterocycles. The van der Waals surface area contributed by atoms with Crippen LogP contribution in [0.15, 0.2) is 18.2 Å². The highest BCUT2D eigenvalue weighted by Gasteiger charge is 2.32. The van der Waals surface area contributed by atoms with E-state index in [0.717, 1.165) is 61.6 Å². The van der Waals surface area contributed by atoms with Crippen molar-refractivity contribution in [3.05, 3.63) is 52.2 Å². The van der Waals surface area contributed by atoms with Gasteiger partial charge in [0.15, 0.2) is 0 Å². The Morgan fingerprint density at radius 3 is 2.59 bits per heavy atom. The minimum atomic E-state index is -4.57. The minimum absolute atomic E-state index is 0.0649. The van der Waals surface area contributed by atoms with Gasteiger partial charge in [0.2, 0.25) is 5.88 Å². The maximum absolute atomic E-state index is 14.1. The van der Waals surface area contributed by atoms with Gasteiger partial charge < -0.3 is 10.1 Å². The molecule has 2 aliphatic rings. The maximum Gasteiger partial charge on any atom is 0.416 e. The predicted octanol–water partition coefficient (Wildman–Crippen LogP) is 3.78. The number of alkyl halides is 3. The molecule has 144 valence electrons. The second kappa shape index (κ2) is 7.07. The number of hydrogen-bond acceptors (Lipinski definition) is 4. The van der Waals surface area contributed by atoms with Gasteiger partial charge in [-0.1, -0.05) is 6.07 Å². The Balaban J connectivity index is 1.58. The number of hydrogen-bond donors (Lipinski definition) is 1. The zero-order valence-electron chi connectivity index (χ0n) is 14.6. The van der Waals surface area contributed by atoms with Crippen LogP contribution in [0, 0.1) is 5.82 Å². The van der Waals surface area contributed by atoms with Gasteiger partial charge in [-0.2, -0.15) is 18.2 Å². The van der Waals surface area contributed by atoms with Crippen LogP contribution in [0.25, 0.3) is 0 Å². The highest BCUT2D eigenvalue weighted by molar-refractivity contribution is 5.34. The summed E-state index contributed by atoms with van der Waals surface area (Å²) < 4.78 is 57.9. The van der Waals surface area contributed by atoms with E-state index >= 15 is 0 Å². The van der Waals surface area contributed by atoms with Gasteiger partial charge in [-0.25, -0.2) is 9.37 Å². The van der Waals surface area contributed by atoms with Crippen LogP contribution in [-0.2, 0) is 25.6 Å². The van der Waals surface area contributed by atoms with E-state index in [0.29, 0.717) is 24.3 Å². The van der Waals surface area contributed by atoms with E-state index in [4.69, 9.17) is 4.74 Å². The fourth-order valence-electron chi connectivity index (χ4n) is 3.16. The molecule has 1 fully saturated rings. The van der Waals surface area contributed by atoms with E-state index in [1.165, 1.54) is 0 Å². The molecule has 2 aromatic rings. The lowest BCUT2D eigenvalue weighted by atomic mass is 10.1. The van der Waals surface area contributed by atoms with E-state index < -0.39 is 17.6 Å². The lowest BCUT2D eigenvalue weighted by Gasteiger charge is -2.15. The molecule has 1 aromatic carbocycles. The Morgan fingerprint density at radius 1 is 1.11 bits per heavy atom. The monoisotopic (exact) mass is 381 g/mol. The van der Waals surface area contributed by atoms with Crippen molar-refractivity contribution in [2.24, 2.45) is 0 Å². The molecule has 0 atom stereocenters. The van der Waals surface area contributed by atoms with Crippen molar-refractivity contribution in [2.45, 2.75) is 44.4 Å². The fourth-order valence-corrected chi connectivity index (χ4v) is 3.16. The first-order valence-corrected chi connectivity index (χ1v) is 9.00. The summed E-state index contributed by atoms with van der Waals surface area (Å²) in [5.41, 5.74) is 0.897. The summed E-state index contributed by atoms with van der Waals surface area (Å²) in [5, 5.41) is 3.30. The van der Waals surface area contributed by atoms with Gasteiger partial charge in [-0.3, -0.25) is 0 Å². The van der Waals surface area contributed by atoms with E-state index in [-0.39, 0.29) is 12.2 Å². The van der Waals surface area contributed by atoms with Crippen LogP contribution >= 0.6 is 0 Å². The lowest BCUT2D eigenvalue weighted by molar-refractivity contribution is -0.137. The quantitative estimate of drug-likeness (QED) is 0.819. The van der Waals surface area contributed by atoms with E-state index in [1.54, 1.807) is 0 Å². The smallest absolute Gasteiger partial charge is 0.416 e. The van der Waals surface area contributed by atoms with Gasteiger partial charge in [-0.15, -0.1) is 0 Å². The summed E-state index contributed by atoms with van der Waals surface area (Å²) >= 11 is 0. The van der Waals surface area contributed by atoms with Crippen molar-refractivity contribution in [1.29, 1.82) is 0 Å². The van der Waals surface area contributed by atoms with Gasteiger partial charge in [0.05, 0.1) is 11.3 Å². The van der Waals surface area contributed by atoms with E-state index in [2.05, 4.69) is 15.3 Å². The molecule has 1 aliphatic carbocycles. The number of halogens is 4. The van der Waals surface area contributed by atoms with Crippen molar-refractivity contribution in [3.8, 4) is 5.88 Å². The fraction of sp³-hybridized carbons (Fsp3) is 0.474. The molecule has 1 aromatic heterocycles. The number of nitrogens with zero attached hydrogens (tertiary/aromatic N) is 2. The molecule has 27 heavy (non-hydrogen) atoms. The molecule has 4 nitrogen and oxygen atoms in total. The van der Waals surface area contributed by atoms with Crippen molar-refractivity contribution < 1.29 is 22.3 Å². The molecule has 0 saturated heterocycles. The topological polar surface area (TPSA) is 47.0 Å². The van der Waals surface area contributed by atoms with Crippen molar-refractivity contribution >= 4 is 0 Å². The molecule has 0 spiro atoms. The largest absolute Gasteiger partial charge is 0.472 e. The molecule has 0 amide bonds. The molecule has 0 unspecified atom stereocenters. The number of fused-ring (bicyclic) bond motifs is 1. The molecule has 4 rings (SSSR count). The van der Waals surface area contributed by atoms with Crippen LogP contribution in [0.2, 0.25) is 0 Å². The van der Waals surface area contributed by atoms with Gasteiger partial charge in [-0.05, 0) is 37.9 Å². The Bertz CT molecular complexity index is 850. The summed E-state index contributed by atoms with van der Waals surface area (Å²) in [7, 11) is 0. The highest BCUT2D eigenvalue weighted by Crippen LogP contribution is 2.39. The second-order valence-corrected chi connectivity index (χ2v) is 6.93. The number of benzene rings is 1. The average Bonchev–Trinajstić information content (AvgIpc) is 3.46. The first-order valence-electron chi connectivity index (χ1n) is 9.00. The van der Waals surface area contributed by atoms with Crippen LogP contribution in [0.5, 0.6) is 5.88 Å². The van der Waals surface area contributed by atoms with Crippen molar-refractivity contribution in [1.82, 2.24) is 15.3 Å². The number of rotatable bonds is 4. The third-order valence-corrected chi connectivity index (χ3v) is 4.85. The van der Waals surface area contributed by atoms with Gasteiger partial charge in [0, 0.05) is 30.0 Å². The molecular weight excluding hydrogens is 362 g/mol. The summed E-state index contributed by atoms with van der Waals surface area (Å²) in [6.07, 6.45) is -1.02. The Labute approximate surface area is 154 Å². The van der Waals surface area contributed by atoms with E-state index in [1.807, 2.05) is 0 Å². The number of ether oxygens (including phenoxy) is 1. The summed E-state index contributed by atoms with van der Waals surface area (Å²) in [5.74, 6) is 0.578. The Kier molecular flexibility index (Phi) is 4.75. The Hall–Kier alpha value is -2.22. The van der Waals surface area contributed by atoms with E-state index in [9.17, 15) is 17.6 Å². The predicted molar refractivity (Wildman–Crippen MR) is 90.0 cm³/mol. The standard InChI is InChI=1S/C19H19F4N3O/c20-15-9-13(19(21,22)23)4-3-12(15)10-27-18-14-5-7-24-8-6-16(14)25-17(26-18)11-1-2-11/h3-4,9,11,24H,1-2,5-8,10H2. The first kappa shape index (κ1) is 18.2. The first-order chi connectivity index (χ1) is 12.9. The average molecular weight is 381 g/mol. The lowest BCUT2D eigenvalue weighted by Crippen LogP contribution is -2.16. The normalized spacial score (nSPS) is 17.3. The molecule has 0 bridgehead atoms. The van der Waals surface area contributed by atoms with Crippen molar-refractivity contribution in [3.63, 3.8) is 0 Å². The van der Waals surface area contributed by atoms with Crippen molar-refractivity contribution in [2.75, 3.05) is 13.1 Å². The second-order valence-electron chi connectivity index (χ2n) is 6.93. The number of aromatic nitrogens is 2. The molecular formula is C19H19F4N3O. The summed E-state index contributed by atoms with van der Waals surface area (Å²) in [6, 6.07) is 2.47. The molecule has 8 heteroatoms. The van der Waals surface area contributed by atoms with Gasteiger partial charge in [0.25, 0.3) is 0 Å². The molecule has 1 saturated carbocycles. The van der Waals surface area contributed by atoms with Crippen LogP contribution in [0.3, 0.4) is 0 Å². The molecule has 1 N–H and O–H groups in total. The highest BCUT2D eigenvalue weighted by atomic mass is 19.4. The zero-order valence-corrected chi connectivity index (χ0v) is 14.6. The number of nitrogens with one attached hydrogen (secondary N) is 1. The third kappa shape index (κ3) is 4.05.